The van der Waals surface area contributed by atoms with Crippen molar-refractivity contribution in [2.45, 2.75) is 86.0 Å². The number of carbonyl (C=O) groups excluding carboxylic acids is 1. The molecule has 2 N–H and O–H groups in total. The third kappa shape index (κ3) is 6.24. The first-order chi connectivity index (χ1) is 18.6. The van der Waals surface area contributed by atoms with Crippen LogP contribution in [0.15, 0.2) is 53.6 Å². The molecule has 2 atom stereocenters. The number of hydrogen-bond donors (Lipinski definition) is 2. The lowest BCUT2D eigenvalue weighted by molar-refractivity contribution is -0.115. The van der Waals surface area contributed by atoms with E-state index in [1.54, 1.807) is 6.07 Å². The molecule has 0 aliphatic heterocycles. The number of carbonyl (C=O) groups is 1. The molecule has 204 valence electrons. The summed E-state index contributed by atoms with van der Waals surface area (Å²) in [5.41, 5.74) is 10.0. The Morgan fingerprint density at radius 1 is 1.03 bits per heavy atom. The summed E-state index contributed by atoms with van der Waals surface area (Å²) in [6.07, 6.45) is 7.01. The van der Waals surface area contributed by atoms with Crippen molar-refractivity contribution in [3.8, 4) is 17.0 Å². The number of hydrogen-bond acceptors (Lipinski definition) is 4. The molecule has 5 heteroatoms. The summed E-state index contributed by atoms with van der Waals surface area (Å²) >= 11 is 0. The molecule has 1 amide bonds. The lowest BCUT2D eigenvalue weighted by Crippen LogP contribution is -2.27. The number of allylic oxidation sites excluding steroid dienone is 2. The third-order valence-corrected chi connectivity index (χ3v) is 8.68. The van der Waals surface area contributed by atoms with Crippen molar-refractivity contribution < 1.29 is 9.90 Å². The van der Waals surface area contributed by atoms with Gasteiger partial charge < -0.3 is 10.4 Å². The van der Waals surface area contributed by atoms with Gasteiger partial charge in [0.05, 0.1) is 23.5 Å². The fourth-order valence-corrected chi connectivity index (χ4v) is 6.44. The van der Waals surface area contributed by atoms with Crippen molar-refractivity contribution in [1.29, 1.82) is 0 Å². The average Bonchev–Trinajstić information content (AvgIpc) is 2.88. The first-order valence-electron chi connectivity index (χ1n) is 14.3. The Kier molecular flexibility index (Phi) is 7.61. The summed E-state index contributed by atoms with van der Waals surface area (Å²) in [4.78, 5) is 23.5. The molecule has 0 fully saturated rings. The highest BCUT2D eigenvalue weighted by atomic mass is 16.3. The predicted octanol–water partition coefficient (Wildman–Crippen LogP) is 7.53. The Morgan fingerprint density at radius 3 is 2.56 bits per heavy atom. The van der Waals surface area contributed by atoms with Crippen LogP contribution in [-0.4, -0.2) is 21.0 Å². The van der Waals surface area contributed by atoms with Crippen LogP contribution in [0.5, 0.6) is 5.75 Å². The fourth-order valence-electron chi connectivity index (χ4n) is 6.44. The standard InChI is InChI=1S/C34H41N3O2/c1-21-6-8-25(9-7-21)17-31(39)37-33-30(20-34(5)15-14-23(3)24(4)16-22(2)19-34)35-32-28-12-11-27(38)18-26(28)10-13-29(32)36-33/h6-9,11-12,18,22,38H,10,13-17,19-20H2,1-5H3,(H,36,37,39)/b24-23+. The van der Waals surface area contributed by atoms with Crippen molar-refractivity contribution in [1.82, 2.24) is 9.97 Å². The molecule has 2 aliphatic rings. The van der Waals surface area contributed by atoms with E-state index in [2.05, 4.69) is 33.0 Å². The summed E-state index contributed by atoms with van der Waals surface area (Å²) in [6, 6.07) is 13.6. The van der Waals surface area contributed by atoms with Crippen LogP contribution in [0.4, 0.5) is 5.82 Å². The Bertz CT molecular complexity index is 1420. The van der Waals surface area contributed by atoms with Gasteiger partial charge in [0.2, 0.25) is 5.91 Å². The first kappa shape index (κ1) is 27.1. The number of rotatable bonds is 5. The number of nitrogens with zero attached hydrogens (tertiary/aromatic N) is 2. The normalized spacial score (nSPS) is 22.8. The fraction of sp³-hybridized carbons (Fsp3) is 0.441. The second-order valence-electron chi connectivity index (χ2n) is 12.4. The zero-order valence-corrected chi connectivity index (χ0v) is 24.0. The molecule has 0 spiro atoms. The van der Waals surface area contributed by atoms with E-state index in [9.17, 15) is 9.90 Å². The number of anilines is 1. The van der Waals surface area contributed by atoms with Crippen LogP contribution in [-0.2, 0) is 30.5 Å². The number of phenols is 1. The monoisotopic (exact) mass is 523 g/mol. The number of aromatic nitrogens is 2. The first-order valence-corrected chi connectivity index (χ1v) is 14.3. The second-order valence-corrected chi connectivity index (χ2v) is 12.4. The van der Waals surface area contributed by atoms with E-state index in [0.29, 0.717) is 18.2 Å². The maximum atomic E-state index is 13.2. The molecule has 0 saturated carbocycles. The number of benzene rings is 2. The summed E-state index contributed by atoms with van der Waals surface area (Å²) in [6.45, 7) is 11.3. The molecule has 39 heavy (non-hydrogen) atoms. The Hall–Kier alpha value is -3.47. The van der Waals surface area contributed by atoms with Gasteiger partial charge in [-0.05, 0) is 106 Å². The van der Waals surface area contributed by atoms with Crippen LogP contribution in [0.2, 0.25) is 0 Å². The van der Waals surface area contributed by atoms with Gasteiger partial charge in [-0.1, -0.05) is 54.8 Å². The van der Waals surface area contributed by atoms with Crippen molar-refractivity contribution in [3.05, 3.63) is 81.7 Å². The molecule has 2 aliphatic carbocycles. The molecule has 2 unspecified atom stereocenters. The van der Waals surface area contributed by atoms with Crippen LogP contribution in [0.3, 0.4) is 0 Å². The smallest absolute Gasteiger partial charge is 0.229 e. The van der Waals surface area contributed by atoms with E-state index < -0.39 is 0 Å². The van der Waals surface area contributed by atoms with Gasteiger partial charge >= 0.3 is 0 Å². The van der Waals surface area contributed by atoms with Crippen molar-refractivity contribution in [2.24, 2.45) is 11.3 Å². The SMILES string of the molecule is C/C1=C(/C)CC(C)CC(C)(Cc2nc3c(nc2NC(=O)Cc2ccc(C)cc2)CCc2cc(O)ccc2-3)CC1. The zero-order valence-electron chi connectivity index (χ0n) is 24.0. The molecule has 5 rings (SSSR count). The number of fused-ring (bicyclic) bond motifs is 3. The number of phenolic OH excluding ortho intramolecular Hbond substituents is 1. The molecule has 1 heterocycles. The van der Waals surface area contributed by atoms with Crippen LogP contribution < -0.4 is 5.32 Å². The van der Waals surface area contributed by atoms with Crippen LogP contribution >= 0.6 is 0 Å². The Labute approximate surface area is 232 Å². The van der Waals surface area contributed by atoms with Gasteiger partial charge in [-0.15, -0.1) is 0 Å². The zero-order chi connectivity index (χ0) is 27.7. The third-order valence-electron chi connectivity index (χ3n) is 8.68. The van der Waals surface area contributed by atoms with E-state index >= 15 is 0 Å². The number of nitrogens with one attached hydrogen (secondary N) is 1. The molecular formula is C34H41N3O2. The maximum absolute atomic E-state index is 13.2. The Morgan fingerprint density at radius 2 is 1.79 bits per heavy atom. The van der Waals surface area contributed by atoms with Gasteiger partial charge in [0.15, 0.2) is 5.82 Å². The van der Waals surface area contributed by atoms with Gasteiger partial charge in [0.25, 0.3) is 0 Å². The lowest BCUT2D eigenvalue weighted by Gasteiger charge is -2.35. The summed E-state index contributed by atoms with van der Waals surface area (Å²) in [7, 11) is 0. The van der Waals surface area contributed by atoms with E-state index in [4.69, 9.17) is 9.97 Å². The molecule has 0 saturated heterocycles. The van der Waals surface area contributed by atoms with Gasteiger partial charge in [-0.25, -0.2) is 9.97 Å². The molecule has 3 aromatic rings. The van der Waals surface area contributed by atoms with Crippen molar-refractivity contribution in [3.63, 3.8) is 0 Å². The van der Waals surface area contributed by atoms with Crippen LogP contribution in [0, 0.1) is 18.3 Å². The summed E-state index contributed by atoms with van der Waals surface area (Å²) in [5, 5.41) is 13.2. The van der Waals surface area contributed by atoms with E-state index in [0.717, 1.165) is 78.7 Å². The topological polar surface area (TPSA) is 75.1 Å². The number of aryl methyl sites for hydroxylation is 3. The lowest BCUT2D eigenvalue weighted by atomic mass is 9.70. The maximum Gasteiger partial charge on any atom is 0.229 e. The van der Waals surface area contributed by atoms with Gasteiger partial charge in [-0.2, -0.15) is 0 Å². The van der Waals surface area contributed by atoms with Gasteiger partial charge in [-0.3, -0.25) is 4.79 Å². The highest BCUT2D eigenvalue weighted by Gasteiger charge is 2.32. The average molecular weight is 524 g/mol. The van der Waals surface area contributed by atoms with E-state index in [1.165, 1.54) is 16.7 Å². The largest absolute Gasteiger partial charge is 0.508 e. The van der Waals surface area contributed by atoms with E-state index in [-0.39, 0.29) is 17.1 Å². The number of aromatic hydroxyl groups is 1. The van der Waals surface area contributed by atoms with E-state index in [1.807, 2.05) is 43.3 Å². The number of amides is 1. The van der Waals surface area contributed by atoms with Crippen molar-refractivity contribution >= 4 is 11.7 Å². The predicted molar refractivity (Wildman–Crippen MR) is 158 cm³/mol. The minimum absolute atomic E-state index is 0.0488. The summed E-state index contributed by atoms with van der Waals surface area (Å²) in [5.74, 6) is 1.40. The molecule has 2 aromatic carbocycles. The molecule has 5 nitrogen and oxygen atoms in total. The molecule has 1 aromatic heterocycles. The van der Waals surface area contributed by atoms with Gasteiger partial charge in [0.1, 0.15) is 5.75 Å². The van der Waals surface area contributed by atoms with Crippen molar-refractivity contribution in [2.75, 3.05) is 5.32 Å². The highest BCUT2D eigenvalue weighted by molar-refractivity contribution is 5.92. The highest BCUT2D eigenvalue weighted by Crippen LogP contribution is 2.42. The van der Waals surface area contributed by atoms with Gasteiger partial charge in [0, 0.05) is 5.56 Å². The molecule has 0 bridgehead atoms. The Balaban J connectivity index is 1.50. The second kappa shape index (κ2) is 11.0. The van der Waals surface area contributed by atoms with Crippen LogP contribution in [0.25, 0.3) is 11.3 Å². The minimum Gasteiger partial charge on any atom is -0.508 e. The summed E-state index contributed by atoms with van der Waals surface area (Å²) < 4.78 is 0. The molecular weight excluding hydrogens is 482 g/mol. The molecule has 0 radical (unpaired) electrons. The minimum atomic E-state index is -0.0684. The quantitative estimate of drug-likeness (QED) is 0.339. The van der Waals surface area contributed by atoms with Crippen LogP contribution in [0.1, 0.15) is 81.5 Å².